The predicted molar refractivity (Wildman–Crippen MR) is 103 cm³/mol. The summed E-state index contributed by atoms with van der Waals surface area (Å²) in [5.41, 5.74) is 3.31. The van der Waals surface area contributed by atoms with E-state index in [4.69, 9.17) is 4.74 Å². The van der Waals surface area contributed by atoms with Crippen LogP contribution in [0.1, 0.15) is 24.0 Å². The molecule has 0 saturated carbocycles. The van der Waals surface area contributed by atoms with Crippen molar-refractivity contribution in [2.75, 3.05) is 33.4 Å². The maximum atomic E-state index is 12.7. The third kappa shape index (κ3) is 4.17. The number of nitrogens with one attached hydrogen (secondary N) is 3. The quantitative estimate of drug-likeness (QED) is 0.737. The summed E-state index contributed by atoms with van der Waals surface area (Å²) in [5.74, 6) is 0.127. The van der Waals surface area contributed by atoms with Gasteiger partial charge in [0.15, 0.2) is 0 Å². The molecule has 0 aliphatic carbocycles. The molecular formula is C19H28ClN3O2. The lowest BCUT2D eigenvalue weighted by Gasteiger charge is -2.35. The smallest absolute Gasteiger partial charge is 0.228 e. The standard InChI is InChI=1S/C19H27N3O2.ClH/c1-14-4-3-5-16-15(12-22-17(14)16)6-9-21-18(23)19(13-24-2)7-10-20-11-8-19;/h3-5,12,20,22H,6-11,13H2,1-2H3,(H,21,23);1H. The average Bonchev–Trinajstić information content (AvgIpc) is 3.00. The molecule has 6 heteroatoms. The van der Waals surface area contributed by atoms with Crippen LogP contribution in [-0.4, -0.2) is 44.2 Å². The number of benzene rings is 1. The van der Waals surface area contributed by atoms with Crippen LogP contribution in [0.3, 0.4) is 0 Å². The summed E-state index contributed by atoms with van der Waals surface area (Å²) in [6.07, 6.45) is 4.55. The van der Waals surface area contributed by atoms with Crippen molar-refractivity contribution in [3.63, 3.8) is 0 Å². The molecule has 2 heterocycles. The normalized spacial score (nSPS) is 16.4. The highest BCUT2D eigenvalue weighted by atomic mass is 35.5. The van der Waals surface area contributed by atoms with Crippen LogP contribution >= 0.6 is 12.4 Å². The van der Waals surface area contributed by atoms with Gasteiger partial charge in [0.05, 0.1) is 12.0 Å². The number of aromatic nitrogens is 1. The van der Waals surface area contributed by atoms with Gasteiger partial charge < -0.3 is 20.4 Å². The van der Waals surface area contributed by atoms with E-state index in [-0.39, 0.29) is 23.7 Å². The van der Waals surface area contributed by atoms with Crippen molar-refractivity contribution >= 4 is 29.2 Å². The first-order valence-electron chi connectivity index (χ1n) is 8.70. The zero-order valence-electron chi connectivity index (χ0n) is 15.0. The van der Waals surface area contributed by atoms with Crippen LogP contribution in [0.25, 0.3) is 10.9 Å². The van der Waals surface area contributed by atoms with E-state index < -0.39 is 0 Å². The molecule has 1 aliphatic rings. The van der Waals surface area contributed by atoms with E-state index >= 15 is 0 Å². The monoisotopic (exact) mass is 365 g/mol. The summed E-state index contributed by atoms with van der Waals surface area (Å²) in [5, 5.41) is 7.70. The van der Waals surface area contributed by atoms with Crippen LogP contribution in [0.5, 0.6) is 0 Å². The molecule has 2 aromatic rings. The highest BCUT2D eigenvalue weighted by Crippen LogP contribution is 2.29. The van der Waals surface area contributed by atoms with E-state index in [1.807, 2.05) is 0 Å². The fraction of sp³-hybridized carbons (Fsp3) is 0.526. The van der Waals surface area contributed by atoms with Crippen LogP contribution in [0.15, 0.2) is 24.4 Å². The number of H-pyrrole nitrogens is 1. The first kappa shape index (κ1) is 19.8. The summed E-state index contributed by atoms with van der Waals surface area (Å²) < 4.78 is 5.34. The number of carbonyl (C=O) groups is 1. The summed E-state index contributed by atoms with van der Waals surface area (Å²) in [6, 6.07) is 6.32. The van der Waals surface area contributed by atoms with E-state index in [2.05, 4.69) is 46.9 Å². The van der Waals surface area contributed by atoms with Crippen molar-refractivity contribution in [3.05, 3.63) is 35.5 Å². The number of aromatic amines is 1. The maximum Gasteiger partial charge on any atom is 0.228 e. The summed E-state index contributed by atoms with van der Waals surface area (Å²) in [7, 11) is 1.67. The zero-order chi connectivity index (χ0) is 17.0. The molecule has 5 nitrogen and oxygen atoms in total. The van der Waals surface area contributed by atoms with E-state index in [9.17, 15) is 4.79 Å². The molecule has 25 heavy (non-hydrogen) atoms. The Morgan fingerprint density at radius 3 is 2.80 bits per heavy atom. The third-order valence-corrected chi connectivity index (χ3v) is 5.15. The number of carbonyl (C=O) groups excluding carboxylic acids is 1. The molecule has 1 fully saturated rings. The van der Waals surface area contributed by atoms with E-state index in [1.54, 1.807) is 7.11 Å². The molecule has 3 rings (SSSR count). The van der Waals surface area contributed by atoms with E-state index in [0.29, 0.717) is 13.2 Å². The van der Waals surface area contributed by atoms with E-state index in [1.165, 1.54) is 22.0 Å². The van der Waals surface area contributed by atoms with E-state index in [0.717, 1.165) is 32.4 Å². The Kier molecular flexibility index (Phi) is 6.87. The number of ether oxygens (including phenoxy) is 1. The van der Waals surface area contributed by atoms with Crippen molar-refractivity contribution in [3.8, 4) is 0 Å². The van der Waals surface area contributed by atoms with Gasteiger partial charge in [-0.3, -0.25) is 4.79 Å². The molecule has 0 bridgehead atoms. The molecule has 1 aromatic heterocycles. The molecule has 1 saturated heterocycles. The second kappa shape index (κ2) is 8.70. The fourth-order valence-electron chi connectivity index (χ4n) is 3.69. The summed E-state index contributed by atoms with van der Waals surface area (Å²) in [6.45, 7) is 5.00. The Hall–Kier alpha value is -1.56. The van der Waals surface area contributed by atoms with Gasteiger partial charge in [-0.15, -0.1) is 12.4 Å². The number of hydrogen-bond acceptors (Lipinski definition) is 3. The second-order valence-corrected chi connectivity index (χ2v) is 6.78. The predicted octanol–water partition coefficient (Wildman–Crippen LogP) is 2.57. The van der Waals surface area contributed by atoms with Gasteiger partial charge in [0.25, 0.3) is 0 Å². The minimum Gasteiger partial charge on any atom is -0.384 e. The average molecular weight is 366 g/mol. The molecule has 1 aromatic carbocycles. The highest BCUT2D eigenvalue weighted by molar-refractivity contribution is 5.86. The van der Waals surface area contributed by atoms with Crippen LogP contribution in [0.4, 0.5) is 0 Å². The number of methoxy groups -OCH3 is 1. The number of para-hydroxylation sites is 1. The number of rotatable bonds is 6. The minimum absolute atomic E-state index is 0. The Balaban J connectivity index is 0.00000225. The summed E-state index contributed by atoms with van der Waals surface area (Å²) >= 11 is 0. The Morgan fingerprint density at radius 1 is 1.32 bits per heavy atom. The SMILES string of the molecule is COCC1(C(=O)NCCc2c[nH]c3c(C)cccc23)CCNCC1.Cl. The molecule has 138 valence electrons. The van der Waals surface area contributed by atoms with Gasteiger partial charge in [-0.2, -0.15) is 0 Å². The zero-order valence-corrected chi connectivity index (χ0v) is 15.8. The molecular weight excluding hydrogens is 338 g/mol. The maximum absolute atomic E-state index is 12.7. The Bertz CT molecular complexity index is 702. The molecule has 0 atom stereocenters. The number of halogens is 1. The minimum atomic E-state index is -0.378. The van der Waals surface area contributed by atoms with Crippen molar-refractivity contribution in [2.45, 2.75) is 26.2 Å². The third-order valence-electron chi connectivity index (χ3n) is 5.15. The van der Waals surface area contributed by atoms with Crippen molar-refractivity contribution < 1.29 is 9.53 Å². The van der Waals surface area contributed by atoms with Crippen molar-refractivity contribution in [1.82, 2.24) is 15.6 Å². The van der Waals surface area contributed by atoms with Crippen LogP contribution in [0, 0.1) is 12.3 Å². The van der Waals surface area contributed by atoms with Crippen molar-refractivity contribution in [2.24, 2.45) is 5.41 Å². The molecule has 0 radical (unpaired) electrons. The van der Waals surface area contributed by atoms with Gasteiger partial charge in [0.2, 0.25) is 5.91 Å². The first-order chi connectivity index (χ1) is 11.7. The fourth-order valence-corrected chi connectivity index (χ4v) is 3.69. The highest BCUT2D eigenvalue weighted by Gasteiger charge is 2.39. The number of fused-ring (bicyclic) bond motifs is 1. The van der Waals surface area contributed by atoms with Crippen LogP contribution < -0.4 is 10.6 Å². The molecule has 0 unspecified atom stereocenters. The first-order valence-corrected chi connectivity index (χ1v) is 8.70. The lowest BCUT2D eigenvalue weighted by Crippen LogP contribution is -2.50. The topological polar surface area (TPSA) is 66.1 Å². The van der Waals surface area contributed by atoms with Gasteiger partial charge >= 0.3 is 0 Å². The van der Waals surface area contributed by atoms with Gasteiger partial charge in [-0.1, -0.05) is 18.2 Å². The van der Waals surface area contributed by atoms with Crippen molar-refractivity contribution in [1.29, 1.82) is 0 Å². The second-order valence-electron chi connectivity index (χ2n) is 6.78. The van der Waals surface area contributed by atoms with Crippen LogP contribution in [-0.2, 0) is 16.0 Å². The van der Waals surface area contributed by atoms with Crippen LogP contribution in [0.2, 0.25) is 0 Å². The lowest BCUT2D eigenvalue weighted by atomic mass is 9.78. The number of hydrogen-bond donors (Lipinski definition) is 3. The van der Waals surface area contributed by atoms with Gasteiger partial charge in [0.1, 0.15) is 0 Å². The molecule has 1 aliphatic heterocycles. The molecule has 0 spiro atoms. The number of piperidine rings is 1. The lowest BCUT2D eigenvalue weighted by molar-refractivity contribution is -0.136. The summed E-state index contributed by atoms with van der Waals surface area (Å²) in [4.78, 5) is 16.1. The van der Waals surface area contributed by atoms with Gasteiger partial charge in [-0.25, -0.2) is 0 Å². The number of amides is 1. The van der Waals surface area contributed by atoms with Gasteiger partial charge in [-0.05, 0) is 50.4 Å². The number of aryl methyl sites for hydroxylation is 1. The Labute approximate surface area is 155 Å². The molecule has 3 N–H and O–H groups in total. The van der Waals surface area contributed by atoms with Gasteiger partial charge in [0, 0.05) is 30.8 Å². The Morgan fingerprint density at radius 2 is 2.08 bits per heavy atom. The largest absolute Gasteiger partial charge is 0.384 e. The molecule has 1 amide bonds.